The SMILES string of the molecule is C=CCc1cc(/C=N/NC(=O)c2cc3cc(Br)ccc3o2)ccc1OCc1ccc(Cl)c(Cl)c1. The van der Waals surface area contributed by atoms with E-state index in [1.807, 2.05) is 36.4 Å². The summed E-state index contributed by atoms with van der Waals surface area (Å²) < 4.78 is 12.5. The molecule has 0 atom stereocenters. The van der Waals surface area contributed by atoms with Gasteiger partial charge in [-0.3, -0.25) is 4.79 Å². The maximum absolute atomic E-state index is 12.4. The van der Waals surface area contributed by atoms with Gasteiger partial charge in [-0.2, -0.15) is 5.10 Å². The number of carbonyl (C=O) groups excluding carboxylic acids is 1. The van der Waals surface area contributed by atoms with Crippen molar-refractivity contribution in [3.8, 4) is 5.75 Å². The van der Waals surface area contributed by atoms with Crippen LogP contribution < -0.4 is 10.2 Å². The van der Waals surface area contributed by atoms with Crippen LogP contribution >= 0.6 is 39.1 Å². The molecule has 0 fully saturated rings. The van der Waals surface area contributed by atoms with Crippen LogP contribution in [0.5, 0.6) is 5.75 Å². The summed E-state index contributed by atoms with van der Waals surface area (Å²) in [5.74, 6) is 0.473. The predicted octanol–water partition coefficient (Wildman–Crippen LogP) is 7.57. The van der Waals surface area contributed by atoms with Crippen molar-refractivity contribution >= 4 is 62.2 Å². The highest BCUT2D eigenvalue weighted by Gasteiger charge is 2.12. The molecule has 1 N–H and O–H groups in total. The highest BCUT2D eigenvalue weighted by Crippen LogP contribution is 2.26. The lowest BCUT2D eigenvalue weighted by molar-refractivity contribution is 0.0929. The zero-order chi connectivity index (χ0) is 24.1. The van der Waals surface area contributed by atoms with Crippen LogP contribution in [0.2, 0.25) is 10.0 Å². The van der Waals surface area contributed by atoms with Gasteiger partial charge in [-0.15, -0.1) is 6.58 Å². The van der Waals surface area contributed by atoms with E-state index in [1.165, 1.54) is 0 Å². The molecule has 0 radical (unpaired) electrons. The molecule has 3 aromatic carbocycles. The number of halogens is 3. The topological polar surface area (TPSA) is 63.8 Å². The van der Waals surface area contributed by atoms with Gasteiger partial charge >= 0.3 is 5.91 Å². The first-order valence-electron chi connectivity index (χ1n) is 10.3. The number of nitrogens with one attached hydrogen (secondary N) is 1. The van der Waals surface area contributed by atoms with Crippen LogP contribution in [0.4, 0.5) is 0 Å². The average molecular weight is 558 g/mol. The number of rotatable bonds is 8. The number of carbonyl (C=O) groups is 1. The number of furan rings is 1. The van der Waals surface area contributed by atoms with Gasteiger partial charge in [0.15, 0.2) is 5.76 Å². The summed E-state index contributed by atoms with van der Waals surface area (Å²) in [6, 6.07) is 18.2. The van der Waals surface area contributed by atoms with Crippen molar-refractivity contribution in [1.29, 1.82) is 0 Å². The van der Waals surface area contributed by atoms with Crippen molar-refractivity contribution in [3.63, 3.8) is 0 Å². The number of nitrogens with zero attached hydrogens (tertiary/aromatic N) is 1. The van der Waals surface area contributed by atoms with Gasteiger partial charge in [0.25, 0.3) is 0 Å². The van der Waals surface area contributed by atoms with E-state index in [1.54, 1.807) is 36.6 Å². The third kappa shape index (κ3) is 5.89. The number of fused-ring (bicyclic) bond motifs is 1. The Labute approximate surface area is 215 Å². The van der Waals surface area contributed by atoms with Crippen LogP contribution in [0.15, 0.2) is 87.3 Å². The molecular weight excluding hydrogens is 539 g/mol. The van der Waals surface area contributed by atoms with Gasteiger partial charge in [0, 0.05) is 9.86 Å². The molecule has 1 heterocycles. The first kappa shape index (κ1) is 24.1. The van der Waals surface area contributed by atoms with E-state index in [9.17, 15) is 4.79 Å². The Bertz CT molecular complexity index is 1400. The monoisotopic (exact) mass is 556 g/mol. The number of hydrogen-bond acceptors (Lipinski definition) is 4. The van der Waals surface area contributed by atoms with E-state index in [0.717, 1.165) is 32.3 Å². The fraction of sp³-hybridized carbons (Fsp3) is 0.0769. The zero-order valence-electron chi connectivity index (χ0n) is 17.9. The lowest BCUT2D eigenvalue weighted by Crippen LogP contribution is -2.16. The van der Waals surface area contributed by atoms with Gasteiger partial charge in [-0.1, -0.05) is 51.3 Å². The molecule has 0 saturated carbocycles. The second-order valence-electron chi connectivity index (χ2n) is 7.39. The van der Waals surface area contributed by atoms with Crippen LogP contribution in [0, 0.1) is 0 Å². The summed E-state index contributed by atoms with van der Waals surface area (Å²) in [5.41, 5.74) is 5.77. The largest absolute Gasteiger partial charge is 0.489 e. The summed E-state index contributed by atoms with van der Waals surface area (Å²) >= 11 is 15.5. The van der Waals surface area contributed by atoms with Crippen LogP contribution in [0.1, 0.15) is 27.2 Å². The molecule has 0 aliphatic rings. The highest BCUT2D eigenvalue weighted by molar-refractivity contribution is 9.10. The second-order valence-corrected chi connectivity index (χ2v) is 9.12. The van der Waals surface area contributed by atoms with Crippen LogP contribution in [-0.2, 0) is 13.0 Å². The summed E-state index contributed by atoms with van der Waals surface area (Å²) in [6.07, 6.45) is 3.97. The molecule has 8 heteroatoms. The fourth-order valence-corrected chi connectivity index (χ4v) is 3.97. The molecule has 172 valence electrons. The first-order valence-corrected chi connectivity index (χ1v) is 11.8. The van der Waals surface area contributed by atoms with E-state index in [4.69, 9.17) is 32.4 Å². The number of allylic oxidation sites excluding steroid dienone is 1. The molecule has 0 aliphatic heterocycles. The molecule has 4 rings (SSSR count). The lowest BCUT2D eigenvalue weighted by atomic mass is 10.1. The Kier molecular flexibility index (Phi) is 7.73. The Morgan fingerprint density at radius 1 is 1.09 bits per heavy atom. The molecule has 0 bridgehead atoms. The van der Waals surface area contributed by atoms with E-state index in [2.05, 4.69) is 33.0 Å². The van der Waals surface area contributed by atoms with Gasteiger partial charge < -0.3 is 9.15 Å². The molecule has 4 aromatic rings. The summed E-state index contributed by atoms with van der Waals surface area (Å²) in [5, 5.41) is 5.87. The minimum atomic E-state index is -0.434. The first-order chi connectivity index (χ1) is 16.4. The molecule has 1 aromatic heterocycles. The standard InChI is InChI=1S/C26H19BrCl2N2O3/c1-2-3-18-10-16(5-8-23(18)33-15-17-4-7-21(28)22(29)11-17)14-30-31-26(32)25-13-19-12-20(27)6-9-24(19)34-25/h2,4-14H,1,3,15H2,(H,31,32)/b30-14+. The number of hydrazone groups is 1. The minimum absolute atomic E-state index is 0.184. The normalized spacial score (nSPS) is 11.1. The molecule has 0 unspecified atom stereocenters. The summed E-state index contributed by atoms with van der Waals surface area (Å²) in [4.78, 5) is 12.4. The third-order valence-corrected chi connectivity index (χ3v) is 6.14. The maximum Gasteiger partial charge on any atom is 0.307 e. The Morgan fingerprint density at radius 2 is 1.94 bits per heavy atom. The smallest absolute Gasteiger partial charge is 0.307 e. The predicted molar refractivity (Wildman–Crippen MR) is 140 cm³/mol. The molecule has 0 aliphatic carbocycles. The van der Waals surface area contributed by atoms with E-state index < -0.39 is 5.91 Å². The second kappa shape index (κ2) is 10.9. The highest BCUT2D eigenvalue weighted by atomic mass is 79.9. The number of ether oxygens (including phenoxy) is 1. The number of hydrogen-bond donors (Lipinski definition) is 1. The number of benzene rings is 3. The van der Waals surface area contributed by atoms with Crippen molar-refractivity contribution in [1.82, 2.24) is 5.43 Å². The molecular formula is C26H19BrCl2N2O3. The van der Waals surface area contributed by atoms with Gasteiger partial charge in [0.2, 0.25) is 0 Å². The van der Waals surface area contributed by atoms with E-state index >= 15 is 0 Å². The van der Waals surface area contributed by atoms with Gasteiger partial charge in [-0.25, -0.2) is 5.43 Å². The van der Waals surface area contributed by atoms with Crippen LogP contribution in [0.25, 0.3) is 11.0 Å². The Hall–Kier alpha value is -3.06. The van der Waals surface area contributed by atoms with Crippen molar-refractivity contribution < 1.29 is 13.9 Å². The average Bonchev–Trinajstić information content (AvgIpc) is 3.24. The molecule has 1 amide bonds. The van der Waals surface area contributed by atoms with Crippen LogP contribution in [-0.4, -0.2) is 12.1 Å². The van der Waals surface area contributed by atoms with Gasteiger partial charge in [0.1, 0.15) is 17.9 Å². The quantitative estimate of drug-likeness (QED) is 0.138. The summed E-state index contributed by atoms with van der Waals surface area (Å²) in [7, 11) is 0. The van der Waals surface area contributed by atoms with Crippen molar-refractivity contribution in [3.05, 3.63) is 110 Å². The molecule has 0 spiro atoms. The van der Waals surface area contributed by atoms with Gasteiger partial charge in [0.05, 0.1) is 16.3 Å². The fourth-order valence-electron chi connectivity index (χ4n) is 3.27. The van der Waals surface area contributed by atoms with Gasteiger partial charge in [-0.05, 0) is 77.7 Å². The van der Waals surface area contributed by atoms with Crippen molar-refractivity contribution in [2.75, 3.05) is 0 Å². The Balaban J connectivity index is 1.42. The van der Waals surface area contributed by atoms with Crippen LogP contribution in [0.3, 0.4) is 0 Å². The lowest BCUT2D eigenvalue weighted by Gasteiger charge is -2.12. The van der Waals surface area contributed by atoms with Crippen molar-refractivity contribution in [2.45, 2.75) is 13.0 Å². The van der Waals surface area contributed by atoms with Crippen molar-refractivity contribution in [2.24, 2.45) is 5.10 Å². The minimum Gasteiger partial charge on any atom is -0.489 e. The number of amides is 1. The molecule has 0 saturated heterocycles. The zero-order valence-corrected chi connectivity index (χ0v) is 21.0. The Morgan fingerprint density at radius 3 is 2.74 bits per heavy atom. The van der Waals surface area contributed by atoms with E-state index in [-0.39, 0.29) is 5.76 Å². The summed E-state index contributed by atoms with van der Waals surface area (Å²) in [6.45, 7) is 4.16. The van der Waals surface area contributed by atoms with E-state index in [0.29, 0.717) is 28.7 Å². The third-order valence-electron chi connectivity index (χ3n) is 4.91. The maximum atomic E-state index is 12.4. The molecule has 34 heavy (non-hydrogen) atoms. The molecule has 5 nitrogen and oxygen atoms in total.